The first-order chi connectivity index (χ1) is 6.36. The van der Waals surface area contributed by atoms with Crippen molar-refractivity contribution in [2.75, 3.05) is 7.11 Å². The molecule has 0 saturated carbocycles. The minimum Gasteiger partial charge on any atom is -0.492 e. The van der Waals surface area contributed by atoms with Crippen molar-refractivity contribution >= 4 is 24.0 Å². The summed E-state index contributed by atoms with van der Waals surface area (Å²) in [7, 11) is 1.13. The fraction of sp³-hybridized carbons (Fsp3) is 0.143. The van der Waals surface area contributed by atoms with Crippen molar-refractivity contribution < 1.29 is 73.5 Å². The molecule has 0 aliphatic rings. The second-order valence-corrected chi connectivity index (χ2v) is 3.00. The summed E-state index contributed by atoms with van der Waals surface area (Å²) in [6.45, 7) is -5.24. The maximum atomic E-state index is 12.9. The molecule has 0 unspecified atom stereocenters. The molecule has 0 amide bonds. The number of halogens is 5. The van der Waals surface area contributed by atoms with Crippen LogP contribution in [0.2, 0.25) is 5.02 Å². The first-order valence-corrected chi connectivity index (χ1v) is 3.97. The zero-order valence-corrected chi connectivity index (χ0v) is 11.9. The fourth-order valence-corrected chi connectivity index (χ4v) is 1.26. The summed E-state index contributed by atoms with van der Waals surface area (Å²) in [5.74, 6) is -1.50. The largest absolute Gasteiger partial charge is 1.00 e. The van der Waals surface area contributed by atoms with Crippen molar-refractivity contribution in [1.82, 2.24) is 0 Å². The summed E-state index contributed by atoms with van der Waals surface area (Å²) < 4.78 is 54.0. The normalized spacial score (nSPS) is 10.8. The number of rotatable bonds is 2. The fourth-order valence-electron chi connectivity index (χ4n) is 0.963. The van der Waals surface area contributed by atoms with E-state index in [1.807, 2.05) is 0 Å². The Bertz CT molecular complexity index is 334. The molecule has 0 radical (unpaired) electrons. The Hall–Kier alpha value is 0.731. The maximum Gasteiger partial charge on any atom is 1.00 e. The minimum atomic E-state index is -5.24. The third-order valence-corrected chi connectivity index (χ3v) is 1.88. The van der Waals surface area contributed by atoms with Crippen molar-refractivity contribution in [2.24, 2.45) is 0 Å². The Labute approximate surface area is 132 Å². The molecule has 1 aromatic carbocycles. The molecule has 8 heteroatoms. The Morgan fingerprint density at radius 1 is 1.27 bits per heavy atom. The molecule has 0 aliphatic carbocycles. The minimum absolute atomic E-state index is 0. The molecule has 0 saturated heterocycles. The van der Waals surface area contributed by atoms with Gasteiger partial charge in [-0.25, -0.2) is 4.39 Å². The molecule has 0 heterocycles. The van der Waals surface area contributed by atoms with Gasteiger partial charge in [-0.1, -0.05) is 17.7 Å². The van der Waals surface area contributed by atoms with Crippen LogP contribution in [0.25, 0.3) is 0 Å². The molecule has 78 valence electrons. The van der Waals surface area contributed by atoms with Gasteiger partial charge in [0.05, 0.1) is 12.1 Å². The van der Waals surface area contributed by atoms with Gasteiger partial charge in [0, 0.05) is 0 Å². The van der Waals surface area contributed by atoms with Crippen molar-refractivity contribution in [1.29, 1.82) is 0 Å². The molecule has 1 rings (SSSR count). The molecule has 0 atom stereocenters. The van der Waals surface area contributed by atoms with Crippen LogP contribution < -0.4 is 61.6 Å². The van der Waals surface area contributed by atoms with Gasteiger partial charge in [0.25, 0.3) is 0 Å². The van der Waals surface area contributed by atoms with E-state index in [-0.39, 0.29) is 62.2 Å². The van der Waals surface area contributed by atoms with Crippen LogP contribution in [0.3, 0.4) is 0 Å². The third-order valence-electron chi connectivity index (χ3n) is 1.60. The van der Waals surface area contributed by atoms with E-state index < -0.39 is 18.3 Å². The molecule has 0 fully saturated rings. The van der Waals surface area contributed by atoms with Crippen molar-refractivity contribution in [3.8, 4) is 5.75 Å². The summed E-state index contributed by atoms with van der Waals surface area (Å²) in [5, 5.41) is -0.387. The van der Waals surface area contributed by atoms with Gasteiger partial charge in [-0.15, -0.1) is 5.46 Å². The molecular formula is C7H5BClF4KO. The van der Waals surface area contributed by atoms with E-state index in [4.69, 9.17) is 11.6 Å². The van der Waals surface area contributed by atoms with E-state index in [0.717, 1.165) is 7.11 Å². The standard InChI is InChI=1S/C7H5BClF4O.K/c1-14-7-5(9)2-4(3-6(7)10)8(11,12)13;/h2-3H,1H3;/q-1;+1. The van der Waals surface area contributed by atoms with E-state index >= 15 is 0 Å². The van der Waals surface area contributed by atoms with Crippen LogP contribution in [-0.4, -0.2) is 14.1 Å². The first-order valence-electron chi connectivity index (χ1n) is 3.59. The Balaban J connectivity index is 0.00000196. The summed E-state index contributed by atoms with van der Waals surface area (Å²) in [6.07, 6.45) is 0. The van der Waals surface area contributed by atoms with Crippen LogP contribution in [-0.2, 0) is 0 Å². The van der Waals surface area contributed by atoms with Gasteiger partial charge < -0.3 is 17.7 Å². The molecule has 0 aliphatic heterocycles. The van der Waals surface area contributed by atoms with Crippen LogP contribution >= 0.6 is 11.6 Å². The molecule has 0 bridgehead atoms. The van der Waals surface area contributed by atoms with E-state index in [9.17, 15) is 17.3 Å². The van der Waals surface area contributed by atoms with Gasteiger partial charge in [-0.2, -0.15) is 0 Å². The van der Waals surface area contributed by atoms with Gasteiger partial charge in [0.15, 0.2) is 11.6 Å². The molecule has 1 aromatic rings. The quantitative estimate of drug-likeness (QED) is 0.520. The van der Waals surface area contributed by atoms with Gasteiger partial charge in [-0.3, -0.25) is 0 Å². The van der Waals surface area contributed by atoms with Crippen LogP contribution in [0.4, 0.5) is 17.3 Å². The average Bonchev–Trinajstić information content (AvgIpc) is 2.01. The number of hydrogen-bond acceptors (Lipinski definition) is 1. The maximum absolute atomic E-state index is 12.9. The zero-order valence-electron chi connectivity index (χ0n) is 8.03. The monoisotopic (exact) mass is 266 g/mol. The van der Waals surface area contributed by atoms with E-state index in [0.29, 0.717) is 12.1 Å². The first kappa shape index (κ1) is 15.7. The zero-order chi connectivity index (χ0) is 10.9. The molecular weight excluding hydrogens is 261 g/mol. The molecule has 0 N–H and O–H groups in total. The average molecular weight is 266 g/mol. The second-order valence-electron chi connectivity index (χ2n) is 2.59. The van der Waals surface area contributed by atoms with Crippen molar-refractivity contribution in [2.45, 2.75) is 0 Å². The van der Waals surface area contributed by atoms with Gasteiger partial charge in [-0.05, 0) is 6.07 Å². The number of hydrogen-bond donors (Lipinski definition) is 0. The Morgan fingerprint density at radius 3 is 2.13 bits per heavy atom. The van der Waals surface area contributed by atoms with Crippen molar-refractivity contribution in [3.63, 3.8) is 0 Å². The Morgan fingerprint density at radius 2 is 1.80 bits per heavy atom. The smallest absolute Gasteiger partial charge is 0.492 e. The summed E-state index contributed by atoms with van der Waals surface area (Å²) in [5.41, 5.74) is -1.08. The summed E-state index contributed by atoms with van der Waals surface area (Å²) >= 11 is 5.39. The number of benzene rings is 1. The van der Waals surface area contributed by atoms with Gasteiger partial charge in [0.1, 0.15) is 0 Å². The molecule has 0 spiro atoms. The van der Waals surface area contributed by atoms with Crippen LogP contribution in [0.5, 0.6) is 5.75 Å². The van der Waals surface area contributed by atoms with Gasteiger partial charge >= 0.3 is 58.4 Å². The topological polar surface area (TPSA) is 9.23 Å². The van der Waals surface area contributed by atoms with Crippen LogP contribution in [0.1, 0.15) is 0 Å². The van der Waals surface area contributed by atoms with Crippen LogP contribution in [0.15, 0.2) is 12.1 Å². The molecule has 15 heavy (non-hydrogen) atoms. The van der Waals surface area contributed by atoms with E-state index in [1.165, 1.54) is 0 Å². The summed E-state index contributed by atoms with van der Waals surface area (Å²) in [6, 6.07) is 1.01. The van der Waals surface area contributed by atoms with Crippen molar-refractivity contribution in [3.05, 3.63) is 23.0 Å². The SMILES string of the molecule is COc1c(F)cc([B-](F)(F)F)cc1Cl.[K+]. The predicted octanol–water partition coefficient (Wildman–Crippen LogP) is -0.454. The van der Waals surface area contributed by atoms with E-state index in [1.54, 1.807) is 0 Å². The van der Waals surface area contributed by atoms with E-state index in [2.05, 4.69) is 4.74 Å². The van der Waals surface area contributed by atoms with Crippen LogP contribution in [0, 0.1) is 5.82 Å². The molecule has 1 nitrogen and oxygen atoms in total. The molecule has 0 aromatic heterocycles. The predicted molar refractivity (Wildman–Crippen MR) is 46.7 cm³/mol. The number of methoxy groups -OCH3 is 1. The third kappa shape index (κ3) is 3.90. The summed E-state index contributed by atoms with van der Waals surface area (Å²) in [4.78, 5) is 0. The Kier molecular flexibility index (Phi) is 6.17. The number of ether oxygens (including phenoxy) is 1. The van der Waals surface area contributed by atoms with Gasteiger partial charge in [0.2, 0.25) is 0 Å². The second kappa shape index (κ2) is 5.88.